The van der Waals surface area contributed by atoms with Crippen LogP contribution in [-0.4, -0.2) is 44.2 Å². The van der Waals surface area contributed by atoms with E-state index >= 15 is 0 Å². The summed E-state index contributed by atoms with van der Waals surface area (Å²) in [5, 5.41) is 3.13. The van der Waals surface area contributed by atoms with Gasteiger partial charge in [0.25, 0.3) is 0 Å². The average molecular weight is 477 g/mol. The molecule has 4 rings (SSSR count). The van der Waals surface area contributed by atoms with Gasteiger partial charge in [0.2, 0.25) is 5.91 Å². The van der Waals surface area contributed by atoms with Crippen molar-refractivity contribution in [1.29, 1.82) is 0 Å². The van der Waals surface area contributed by atoms with Gasteiger partial charge in [0.15, 0.2) is 0 Å². The fourth-order valence-corrected chi connectivity index (χ4v) is 4.68. The molecule has 1 unspecified atom stereocenters. The first-order valence-electron chi connectivity index (χ1n) is 12.1. The predicted octanol–water partition coefficient (Wildman–Crippen LogP) is 5.22. The lowest BCUT2D eigenvalue weighted by molar-refractivity contribution is -0.127. The summed E-state index contributed by atoms with van der Waals surface area (Å²) in [6.45, 7) is 2.20. The zero-order valence-electron chi connectivity index (χ0n) is 20.4. The molecule has 3 aromatic rings. The number of nitrogens with zero attached hydrogens (tertiary/aromatic N) is 1. The van der Waals surface area contributed by atoms with Crippen LogP contribution in [0, 0.1) is 5.82 Å². The van der Waals surface area contributed by atoms with Crippen LogP contribution in [0.25, 0.3) is 11.1 Å². The molecule has 6 heteroatoms. The Bertz CT molecular complexity index is 1130. The van der Waals surface area contributed by atoms with Crippen LogP contribution in [0.3, 0.4) is 0 Å². The monoisotopic (exact) mass is 476 g/mol. The Balaban J connectivity index is 1.37. The second kappa shape index (κ2) is 11.8. The molecule has 5 nitrogen and oxygen atoms in total. The number of ether oxygens (including phenoxy) is 2. The average Bonchev–Trinajstić information content (AvgIpc) is 2.89. The van der Waals surface area contributed by atoms with Gasteiger partial charge in [-0.3, -0.25) is 9.69 Å². The molecule has 1 saturated heterocycles. The summed E-state index contributed by atoms with van der Waals surface area (Å²) in [5.41, 5.74) is 3.89. The molecule has 3 aromatic carbocycles. The third-order valence-electron chi connectivity index (χ3n) is 6.58. The molecule has 1 fully saturated rings. The summed E-state index contributed by atoms with van der Waals surface area (Å²) in [5.74, 6) is 1.27. The van der Waals surface area contributed by atoms with E-state index in [9.17, 15) is 9.18 Å². The lowest BCUT2D eigenvalue weighted by Gasteiger charge is -2.34. The second-order valence-corrected chi connectivity index (χ2v) is 8.92. The van der Waals surface area contributed by atoms with Gasteiger partial charge in [-0.1, -0.05) is 42.8 Å². The van der Waals surface area contributed by atoms with E-state index in [2.05, 4.69) is 10.2 Å². The van der Waals surface area contributed by atoms with Crippen molar-refractivity contribution < 1.29 is 18.7 Å². The SMILES string of the molecule is COc1cccc(CCNC(=O)C2CCCCN2Cc2ccc(-c3cc(F)ccc3OC)cc2)c1. The molecule has 184 valence electrons. The summed E-state index contributed by atoms with van der Waals surface area (Å²) >= 11 is 0. The molecule has 1 aliphatic rings. The molecule has 1 heterocycles. The van der Waals surface area contributed by atoms with Crippen molar-refractivity contribution in [3.8, 4) is 22.6 Å². The Morgan fingerprint density at radius 1 is 1.00 bits per heavy atom. The summed E-state index contributed by atoms with van der Waals surface area (Å²) in [6.07, 6.45) is 3.78. The molecule has 0 bridgehead atoms. The topological polar surface area (TPSA) is 50.8 Å². The standard InChI is InChI=1S/C29H33FN2O3/c1-34-25-7-5-6-21(18-25)15-16-31-29(33)27-8-3-4-17-32(27)20-22-9-11-23(12-10-22)26-19-24(30)13-14-28(26)35-2/h5-7,9-14,18-19,27H,3-4,8,15-17,20H2,1-2H3,(H,31,33). The molecule has 1 N–H and O–H groups in total. The molecule has 1 atom stereocenters. The zero-order valence-corrected chi connectivity index (χ0v) is 20.4. The van der Waals surface area contributed by atoms with E-state index in [4.69, 9.17) is 9.47 Å². The van der Waals surface area contributed by atoms with Gasteiger partial charge in [0, 0.05) is 18.7 Å². The van der Waals surface area contributed by atoms with E-state index in [1.165, 1.54) is 12.1 Å². The normalized spacial score (nSPS) is 16.0. The van der Waals surface area contributed by atoms with Crippen LogP contribution in [0.1, 0.15) is 30.4 Å². The van der Waals surface area contributed by atoms with Gasteiger partial charge in [0.05, 0.1) is 20.3 Å². The third kappa shape index (κ3) is 6.40. The third-order valence-corrected chi connectivity index (χ3v) is 6.58. The number of carbonyl (C=O) groups excluding carboxylic acids is 1. The van der Waals surface area contributed by atoms with Gasteiger partial charge in [0.1, 0.15) is 17.3 Å². The van der Waals surface area contributed by atoms with Gasteiger partial charge in [-0.2, -0.15) is 0 Å². The number of benzene rings is 3. The van der Waals surface area contributed by atoms with E-state index in [0.29, 0.717) is 18.8 Å². The molecular formula is C29H33FN2O3. The van der Waals surface area contributed by atoms with Crippen LogP contribution >= 0.6 is 0 Å². The number of hydrogen-bond acceptors (Lipinski definition) is 4. The van der Waals surface area contributed by atoms with Crippen LogP contribution in [-0.2, 0) is 17.8 Å². The smallest absolute Gasteiger partial charge is 0.237 e. The summed E-state index contributed by atoms with van der Waals surface area (Å²) < 4.78 is 24.5. The number of amides is 1. The Hall–Kier alpha value is -3.38. The Morgan fingerprint density at radius 3 is 2.60 bits per heavy atom. The van der Waals surface area contributed by atoms with E-state index in [1.807, 2.05) is 48.5 Å². The predicted molar refractivity (Wildman–Crippen MR) is 136 cm³/mol. The number of piperidine rings is 1. The number of likely N-dealkylation sites (tertiary alicyclic amines) is 1. The maximum Gasteiger partial charge on any atom is 0.237 e. The van der Waals surface area contributed by atoms with Crippen LogP contribution in [0.5, 0.6) is 11.5 Å². The fourth-order valence-electron chi connectivity index (χ4n) is 4.68. The van der Waals surface area contributed by atoms with Crippen LogP contribution in [0.15, 0.2) is 66.7 Å². The first kappa shape index (κ1) is 24.7. The Kier molecular flexibility index (Phi) is 8.37. The van der Waals surface area contributed by atoms with Crippen molar-refractivity contribution in [1.82, 2.24) is 10.2 Å². The molecule has 1 amide bonds. The first-order chi connectivity index (χ1) is 17.1. The number of hydrogen-bond donors (Lipinski definition) is 1. The van der Waals surface area contributed by atoms with E-state index in [0.717, 1.165) is 60.2 Å². The highest BCUT2D eigenvalue weighted by Gasteiger charge is 2.28. The maximum atomic E-state index is 13.8. The summed E-state index contributed by atoms with van der Waals surface area (Å²) in [7, 11) is 3.24. The van der Waals surface area contributed by atoms with Crippen molar-refractivity contribution in [3.63, 3.8) is 0 Å². The maximum absolute atomic E-state index is 13.8. The molecule has 1 aliphatic heterocycles. The minimum Gasteiger partial charge on any atom is -0.497 e. The first-order valence-corrected chi connectivity index (χ1v) is 12.1. The van der Waals surface area contributed by atoms with E-state index in [1.54, 1.807) is 20.3 Å². The van der Waals surface area contributed by atoms with Crippen molar-refractivity contribution in [2.45, 2.75) is 38.3 Å². The molecule has 0 radical (unpaired) electrons. The van der Waals surface area contributed by atoms with Crippen molar-refractivity contribution in [2.75, 3.05) is 27.3 Å². The van der Waals surface area contributed by atoms with Crippen molar-refractivity contribution >= 4 is 5.91 Å². The van der Waals surface area contributed by atoms with Crippen molar-refractivity contribution in [2.24, 2.45) is 0 Å². The number of rotatable bonds is 9. The number of carbonyl (C=O) groups is 1. The quantitative estimate of drug-likeness (QED) is 0.460. The Morgan fingerprint density at radius 2 is 1.83 bits per heavy atom. The molecule has 0 saturated carbocycles. The highest BCUT2D eigenvalue weighted by molar-refractivity contribution is 5.81. The van der Waals surface area contributed by atoms with Gasteiger partial charge in [-0.25, -0.2) is 4.39 Å². The largest absolute Gasteiger partial charge is 0.497 e. The molecular weight excluding hydrogens is 443 g/mol. The highest BCUT2D eigenvalue weighted by atomic mass is 19.1. The fraction of sp³-hybridized carbons (Fsp3) is 0.345. The number of halogens is 1. The van der Waals surface area contributed by atoms with Gasteiger partial charge in [-0.05, 0) is 72.8 Å². The minimum atomic E-state index is -0.293. The molecule has 0 aliphatic carbocycles. The molecule has 0 spiro atoms. The number of methoxy groups -OCH3 is 2. The zero-order chi connectivity index (χ0) is 24.6. The number of nitrogens with one attached hydrogen (secondary N) is 1. The van der Waals surface area contributed by atoms with Crippen LogP contribution in [0.4, 0.5) is 4.39 Å². The Labute approximate surface area is 206 Å². The highest BCUT2D eigenvalue weighted by Crippen LogP contribution is 2.31. The minimum absolute atomic E-state index is 0.0914. The van der Waals surface area contributed by atoms with Gasteiger partial charge >= 0.3 is 0 Å². The summed E-state index contributed by atoms with van der Waals surface area (Å²) in [6, 6.07) is 20.4. The van der Waals surface area contributed by atoms with Crippen LogP contribution < -0.4 is 14.8 Å². The van der Waals surface area contributed by atoms with E-state index < -0.39 is 0 Å². The van der Waals surface area contributed by atoms with Crippen molar-refractivity contribution in [3.05, 3.63) is 83.7 Å². The lowest BCUT2D eigenvalue weighted by atomic mass is 9.99. The molecule has 0 aromatic heterocycles. The van der Waals surface area contributed by atoms with Gasteiger partial charge < -0.3 is 14.8 Å². The van der Waals surface area contributed by atoms with Crippen LogP contribution in [0.2, 0.25) is 0 Å². The van der Waals surface area contributed by atoms with Gasteiger partial charge in [-0.15, -0.1) is 0 Å². The lowest BCUT2D eigenvalue weighted by Crippen LogP contribution is -2.49. The molecule has 35 heavy (non-hydrogen) atoms. The summed E-state index contributed by atoms with van der Waals surface area (Å²) in [4.78, 5) is 15.3. The van der Waals surface area contributed by atoms with E-state index in [-0.39, 0.29) is 17.8 Å². The second-order valence-electron chi connectivity index (χ2n) is 8.92.